The summed E-state index contributed by atoms with van der Waals surface area (Å²) in [5, 5.41) is 12.8. The number of hydrogen-bond donors (Lipinski definition) is 1. The van der Waals surface area contributed by atoms with E-state index in [0.29, 0.717) is 17.7 Å². The molecular weight excluding hydrogens is 344 g/mol. The number of amides is 1. The fourth-order valence-corrected chi connectivity index (χ4v) is 4.06. The molecule has 5 nitrogen and oxygen atoms in total. The van der Waals surface area contributed by atoms with Crippen LogP contribution in [0.15, 0.2) is 29.4 Å². The molecule has 0 unspecified atom stereocenters. The van der Waals surface area contributed by atoms with Crippen LogP contribution in [0.4, 0.5) is 5.69 Å². The van der Waals surface area contributed by atoms with Crippen molar-refractivity contribution in [2.24, 2.45) is 0 Å². The standard InChI is InChI=1S/C20H26N4OS/c1-20(2,3)15-6-4-5-7-16(15)21-17(25)12-26-19-23-22-18(13-8-9-13)24(19)14-10-11-14/h4-7,13-14H,8-12H2,1-3H3,(H,21,25). The van der Waals surface area contributed by atoms with Gasteiger partial charge in [0.1, 0.15) is 5.82 Å². The van der Waals surface area contributed by atoms with Gasteiger partial charge in [-0.05, 0) is 42.7 Å². The molecule has 1 aromatic heterocycles. The Labute approximate surface area is 159 Å². The van der Waals surface area contributed by atoms with Crippen LogP contribution < -0.4 is 5.32 Å². The number of anilines is 1. The molecule has 26 heavy (non-hydrogen) atoms. The highest BCUT2D eigenvalue weighted by Gasteiger charge is 2.36. The third-order valence-electron chi connectivity index (χ3n) is 4.89. The quantitative estimate of drug-likeness (QED) is 0.760. The predicted molar refractivity (Wildman–Crippen MR) is 105 cm³/mol. The molecule has 138 valence electrons. The summed E-state index contributed by atoms with van der Waals surface area (Å²) in [7, 11) is 0. The Kier molecular flexibility index (Phi) is 4.55. The Bertz CT molecular complexity index is 815. The third-order valence-corrected chi connectivity index (χ3v) is 5.83. The number of nitrogens with one attached hydrogen (secondary N) is 1. The smallest absolute Gasteiger partial charge is 0.234 e. The number of carbonyl (C=O) groups is 1. The van der Waals surface area contributed by atoms with Gasteiger partial charge in [0.15, 0.2) is 5.16 Å². The van der Waals surface area contributed by atoms with Crippen molar-refractivity contribution in [1.29, 1.82) is 0 Å². The average Bonchev–Trinajstić information content (AvgIpc) is 3.51. The van der Waals surface area contributed by atoms with Crippen molar-refractivity contribution in [1.82, 2.24) is 14.8 Å². The molecule has 1 amide bonds. The van der Waals surface area contributed by atoms with E-state index >= 15 is 0 Å². The number of hydrogen-bond acceptors (Lipinski definition) is 4. The Morgan fingerprint density at radius 2 is 1.92 bits per heavy atom. The van der Waals surface area contributed by atoms with Crippen LogP contribution in [0.3, 0.4) is 0 Å². The maximum atomic E-state index is 12.5. The zero-order valence-electron chi connectivity index (χ0n) is 15.7. The number of rotatable bonds is 6. The number of thioether (sulfide) groups is 1. The molecule has 0 aliphatic heterocycles. The first-order chi connectivity index (χ1) is 12.4. The van der Waals surface area contributed by atoms with E-state index in [0.717, 1.165) is 22.2 Å². The van der Waals surface area contributed by atoms with Crippen LogP contribution in [0.2, 0.25) is 0 Å². The molecular formula is C20H26N4OS. The Morgan fingerprint density at radius 3 is 2.58 bits per heavy atom. The summed E-state index contributed by atoms with van der Waals surface area (Å²) in [4.78, 5) is 12.5. The number of aromatic nitrogens is 3. The first-order valence-corrected chi connectivity index (χ1v) is 10.4. The number of nitrogens with zero attached hydrogens (tertiary/aromatic N) is 3. The minimum absolute atomic E-state index is 0.00465. The molecule has 0 bridgehead atoms. The Hall–Kier alpha value is -1.82. The molecule has 2 aliphatic carbocycles. The van der Waals surface area contributed by atoms with E-state index in [1.807, 2.05) is 18.2 Å². The van der Waals surface area contributed by atoms with Crippen molar-refractivity contribution in [3.63, 3.8) is 0 Å². The van der Waals surface area contributed by atoms with E-state index in [-0.39, 0.29) is 11.3 Å². The molecule has 0 radical (unpaired) electrons. The van der Waals surface area contributed by atoms with E-state index in [2.05, 4.69) is 46.9 Å². The van der Waals surface area contributed by atoms with Gasteiger partial charge in [-0.3, -0.25) is 4.79 Å². The van der Waals surface area contributed by atoms with Gasteiger partial charge in [-0.15, -0.1) is 10.2 Å². The molecule has 6 heteroatoms. The van der Waals surface area contributed by atoms with Gasteiger partial charge in [0.2, 0.25) is 5.91 Å². The van der Waals surface area contributed by atoms with Crippen LogP contribution in [-0.2, 0) is 10.2 Å². The van der Waals surface area contributed by atoms with E-state index < -0.39 is 0 Å². The summed E-state index contributed by atoms with van der Waals surface area (Å²) in [6, 6.07) is 8.58. The van der Waals surface area contributed by atoms with Gasteiger partial charge in [-0.2, -0.15) is 0 Å². The summed E-state index contributed by atoms with van der Waals surface area (Å²) in [5.41, 5.74) is 2.03. The fourth-order valence-electron chi connectivity index (χ4n) is 3.25. The van der Waals surface area contributed by atoms with Crippen molar-refractivity contribution in [2.75, 3.05) is 11.1 Å². The molecule has 0 spiro atoms. The lowest BCUT2D eigenvalue weighted by molar-refractivity contribution is -0.113. The van der Waals surface area contributed by atoms with E-state index in [1.165, 1.54) is 37.4 Å². The zero-order chi connectivity index (χ0) is 18.3. The summed E-state index contributed by atoms with van der Waals surface area (Å²) < 4.78 is 2.29. The van der Waals surface area contributed by atoms with E-state index in [9.17, 15) is 4.79 Å². The molecule has 4 rings (SSSR count). The zero-order valence-corrected chi connectivity index (χ0v) is 16.5. The van der Waals surface area contributed by atoms with Crippen LogP contribution in [0.5, 0.6) is 0 Å². The summed E-state index contributed by atoms with van der Waals surface area (Å²) >= 11 is 1.50. The molecule has 1 aromatic carbocycles. The van der Waals surface area contributed by atoms with Crippen LogP contribution >= 0.6 is 11.8 Å². The van der Waals surface area contributed by atoms with Gasteiger partial charge in [0.05, 0.1) is 5.75 Å². The van der Waals surface area contributed by atoms with Crippen molar-refractivity contribution in [2.45, 2.75) is 69.0 Å². The molecule has 2 aromatic rings. The van der Waals surface area contributed by atoms with Crippen molar-refractivity contribution >= 4 is 23.4 Å². The lowest BCUT2D eigenvalue weighted by Crippen LogP contribution is -2.20. The second-order valence-electron chi connectivity index (χ2n) is 8.35. The second kappa shape index (κ2) is 6.72. The first-order valence-electron chi connectivity index (χ1n) is 9.40. The van der Waals surface area contributed by atoms with E-state index in [4.69, 9.17) is 0 Å². The largest absolute Gasteiger partial charge is 0.325 e. The monoisotopic (exact) mass is 370 g/mol. The summed E-state index contributed by atoms with van der Waals surface area (Å²) in [6.45, 7) is 6.47. The number of carbonyl (C=O) groups excluding carboxylic acids is 1. The first kappa shape index (κ1) is 17.6. The van der Waals surface area contributed by atoms with Crippen molar-refractivity contribution in [3.05, 3.63) is 35.7 Å². The molecule has 0 atom stereocenters. The van der Waals surface area contributed by atoms with Crippen LogP contribution in [-0.4, -0.2) is 26.4 Å². The second-order valence-corrected chi connectivity index (χ2v) is 9.29. The van der Waals surface area contributed by atoms with Gasteiger partial charge < -0.3 is 9.88 Å². The van der Waals surface area contributed by atoms with E-state index in [1.54, 1.807) is 0 Å². The molecule has 2 saturated carbocycles. The summed E-state index contributed by atoms with van der Waals surface area (Å²) in [5.74, 6) is 2.08. The minimum atomic E-state index is -0.0116. The van der Waals surface area contributed by atoms with Crippen LogP contribution in [0, 0.1) is 0 Å². The fraction of sp³-hybridized carbons (Fsp3) is 0.550. The van der Waals surface area contributed by atoms with Gasteiger partial charge in [0, 0.05) is 17.6 Å². The normalized spacial score (nSPS) is 17.3. The van der Waals surface area contributed by atoms with Gasteiger partial charge in [-0.25, -0.2) is 0 Å². The Morgan fingerprint density at radius 1 is 1.19 bits per heavy atom. The van der Waals surface area contributed by atoms with Gasteiger partial charge in [0.25, 0.3) is 0 Å². The minimum Gasteiger partial charge on any atom is -0.325 e. The SMILES string of the molecule is CC(C)(C)c1ccccc1NC(=O)CSc1nnc(C2CC2)n1C1CC1. The van der Waals surface area contributed by atoms with Gasteiger partial charge >= 0.3 is 0 Å². The predicted octanol–water partition coefficient (Wildman–Crippen LogP) is 4.52. The third kappa shape index (κ3) is 3.80. The maximum Gasteiger partial charge on any atom is 0.234 e. The summed E-state index contributed by atoms with van der Waals surface area (Å²) in [6.07, 6.45) is 4.85. The average molecular weight is 371 g/mol. The molecule has 1 N–H and O–H groups in total. The van der Waals surface area contributed by atoms with Crippen LogP contribution in [0.1, 0.15) is 69.8 Å². The lowest BCUT2D eigenvalue weighted by atomic mass is 9.86. The molecule has 2 fully saturated rings. The molecule has 2 aliphatic rings. The van der Waals surface area contributed by atoms with Gasteiger partial charge in [-0.1, -0.05) is 50.7 Å². The molecule has 1 heterocycles. The van der Waals surface area contributed by atoms with Crippen LogP contribution in [0.25, 0.3) is 0 Å². The lowest BCUT2D eigenvalue weighted by Gasteiger charge is -2.23. The maximum absolute atomic E-state index is 12.5. The van der Waals surface area contributed by atoms with Crippen molar-refractivity contribution < 1.29 is 4.79 Å². The highest BCUT2D eigenvalue weighted by atomic mass is 32.2. The highest BCUT2D eigenvalue weighted by Crippen LogP contribution is 2.46. The molecule has 0 saturated heterocycles. The van der Waals surface area contributed by atoms with Crippen molar-refractivity contribution in [3.8, 4) is 0 Å². The number of para-hydroxylation sites is 1. The topological polar surface area (TPSA) is 59.8 Å². The Balaban J connectivity index is 1.43. The highest BCUT2D eigenvalue weighted by molar-refractivity contribution is 7.99. The number of benzene rings is 1.